The van der Waals surface area contributed by atoms with Gasteiger partial charge >= 0.3 is 0 Å². The summed E-state index contributed by atoms with van der Waals surface area (Å²) in [5.41, 5.74) is -0.261. The zero-order valence-corrected chi connectivity index (χ0v) is 19.0. The molecule has 2 atom stereocenters. The lowest BCUT2D eigenvalue weighted by atomic mass is 9.81. The number of nitrogens with zero attached hydrogens (tertiary/aromatic N) is 2. The van der Waals surface area contributed by atoms with E-state index in [1.165, 1.54) is 0 Å². The molecule has 0 spiro atoms. The molecule has 1 fully saturated rings. The first-order chi connectivity index (χ1) is 16.5. The monoisotopic (exact) mass is 534 g/mol. The smallest absolute Gasteiger partial charge is 0.266 e. The van der Waals surface area contributed by atoms with Crippen LogP contribution in [0.5, 0.6) is 5.75 Å². The third-order valence-corrected chi connectivity index (χ3v) is 7.35. The molecule has 0 bridgehead atoms. The number of carbonyl (C=O) groups is 1. The summed E-state index contributed by atoms with van der Waals surface area (Å²) in [7, 11) is -4.52. The second-order valence-electron chi connectivity index (χ2n) is 7.54. The number of aromatic nitrogens is 2. The molecule has 1 saturated heterocycles. The molecule has 8 nitrogen and oxygen atoms in total. The Labute approximate surface area is 199 Å². The van der Waals surface area contributed by atoms with Crippen LogP contribution in [0, 0.1) is 35.0 Å². The lowest BCUT2D eigenvalue weighted by Gasteiger charge is -2.32. The SMILES string of the molecule is O=C1CC(c2cc(F)c(F)cc2F)[C@H](COc2cc(F)c(S(=O)(=O)Nc3ncns3)cc2F)CN1. The van der Waals surface area contributed by atoms with Crippen molar-refractivity contribution < 1.29 is 39.9 Å². The molecule has 35 heavy (non-hydrogen) atoms. The van der Waals surface area contributed by atoms with Gasteiger partial charge in [-0.15, -0.1) is 0 Å². The predicted molar refractivity (Wildman–Crippen MR) is 113 cm³/mol. The highest BCUT2D eigenvalue weighted by Crippen LogP contribution is 2.35. The Morgan fingerprint density at radius 3 is 2.49 bits per heavy atom. The molecule has 0 saturated carbocycles. The van der Waals surface area contributed by atoms with Crippen LogP contribution in [0.25, 0.3) is 0 Å². The van der Waals surface area contributed by atoms with Gasteiger partial charge in [0, 0.05) is 54.5 Å². The molecule has 2 N–H and O–H groups in total. The Morgan fingerprint density at radius 2 is 1.77 bits per heavy atom. The maximum Gasteiger partial charge on any atom is 0.266 e. The van der Waals surface area contributed by atoms with Crippen LogP contribution in [0.2, 0.25) is 0 Å². The highest BCUT2D eigenvalue weighted by Gasteiger charge is 2.34. The second-order valence-corrected chi connectivity index (χ2v) is 9.97. The molecule has 2 aromatic carbocycles. The highest BCUT2D eigenvalue weighted by molar-refractivity contribution is 7.93. The summed E-state index contributed by atoms with van der Waals surface area (Å²) >= 11 is 0.690. The highest BCUT2D eigenvalue weighted by atomic mass is 32.2. The Kier molecular flexibility index (Phi) is 6.89. The number of hydrogen-bond acceptors (Lipinski definition) is 7. The molecule has 1 aromatic heterocycles. The van der Waals surface area contributed by atoms with Crippen LogP contribution in [-0.2, 0) is 14.8 Å². The van der Waals surface area contributed by atoms with Gasteiger partial charge in [0.15, 0.2) is 23.2 Å². The van der Waals surface area contributed by atoms with Crippen LogP contribution in [0.3, 0.4) is 0 Å². The first-order valence-electron chi connectivity index (χ1n) is 9.87. The lowest BCUT2D eigenvalue weighted by Crippen LogP contribution is -2.42. The zero-order chi connectivity index (χ0) is 25.3. The van der Waals surface area contributed by atoms with Crippen LogP contribution < -0.4 is 14.8 Å². The van der Waals surface area contributed by atoms with Gasteiger partial charge in [-0.3, -0.25) is 9.52 Å². The summed E-state index contributed by atoms with van der Waals surface area (Å²) in [5, 5.41) is 2.36. The molecule has 1 aliphatic rings. The molecule has 0 radical (unpaired) electrons. The van der Waals surface area contributed by atoms with E-state index >= 15 is 0 Å². The molecule has 3 aromatic rings. The normalized spacial score (nSPS) is 18.3. The van der Waals surface area contributed by atoms with Gasteiger partial charge in [-0.25, -0.2) is 35.4 Å². The summed E-state index contributed by atoms with van der Waals surface area (Å²) in [6.07, 6.45) is 0.796. The first-order valence-corrected chi connectivity index (χ1v) is 12.1. The molecule has 186 valence electrons. The molecule has 15 heteroatoms. The minimum Gasteiger partial charge on any atom is -0.490 e. The summed E-state index contributed by atoms with van der Waals surface area (Å²) in [5.74, 6) is -9.07. The average molecular weight is 534 g/mol. The minimum atomic E-state index is -4.52. The molecule has 4 rings (SSSR count). The van der Waals surface area contributed by atoms with E-state index in [9.17, 15) is 35.2 Å². The van der Waals surface area contributed by atoms with E-state index in [2.05, 4.69) is 14.7 Å². The van der Waals surface area contributed by atoms with Gasteiger partial charge in [-0.1, -0.05) is 0 Å². The number of ether oxygens (including phenoxy) is 1. The summed E-state index contributed by atoms with van der Waals surface area (Å²) < 4.78 is 106. The van der Waals surface area contributed by atoms with E-state index in [0.717, 1.165) is 6.33 Å². The van der Waals surface area contributed by atoms with Crippen LogP contribution >= 0.6 is 11.5 Å². The van der Waals surface area contributed by atoms with Crippen molar-refractivity contribution in [2.24, 2.45) is 5.92 Å². The molecular weight excluding hydrogens is 519 g/mol. The van der Waals surface area contributed by atoms with Crippen LogP contribution in [-0.4, -0.2) is 36.8 Å². The Bertz CT molecular complexity index is 1370. The van der Waals surface area contributed by atoms with E-state index in [1.54, 1.807) is 0 Å². The number of benzene rings is 2. The Morgan fingerprint density at radius 1 is 1.03 bits per heavy atom. The van der Waals surface area contributed by atoms with Gasteiger partial charge in [-0.2, -0.15) is 4.37 Å². The molecule has 1 amide bonds. The Hall–Kier alpha value is -3.33. The van der Waals surface area contributed by atoms with Gasteiger partial charge < -0.3 is 10.1 Å². The number of hydrogen-bond donors (Lipinski definition) is 2. The quantitative estimate of drug-likeness (QED) is 0.356. The fourth-order valence-corrected chi connectivity index (χ4v) is 5.33. The number of halogens is 5. The van der Waals surface area contributed by atoms with E-state index in [1.807, 2.05) is 4.72 Å². The van der Waals surface area contributed by atoms with Crippen molar-refractivity contribution in [1.29, 1.82) is 0 Å². The molecule has 1 aliphatic heterocycles. The fraction of sp³-hybridized carbons (Fsp3) is 0.250. The minimum absolute atomic E-state index is 0.0652. The van der Waals surface area contributed by atoms with Crippen molar-refractivity contribution in [2.75, 3.05) is 17.9 Å². The zero-order valence-electron chi connectivity index (χ0n) is 17.4. The summed E-state index contributed by atoms with van der Waals surface area (Å²) in [6.45, 7) is -0.445. The predicted octanol–water partition coefficient (Wildman–Crippen LogP) is 3.33. The number of amides is 1. The van der Waals surface area contributed by atoms with Crippen molar-refractivity contribution in [2.45, 2.75) is 17.2 Å². The van der Waals surface area contributed by atoms with E-state index < -0.39 is 67.5 Å². The van der Waals surface area contributed by atoms with Gasteiger partial charge in [0.1, 0.15) is 22.9 Å². The fourth-order valence-electron chi connectivity index (χ4n) is 3.60. The van der Waals surface area contributed by atoms with E-state index in [0.29, 0.717) is 35.8 Å². The number of anilines is 1. The van der Waals surface area contributed by atoms with Crippen molar-refractivity contribution in [3.8, 4) is 5.75 Å². The van der Waals surface area contributed by atoms with Crippen LogP contribution in [0.15, 0.2) is 35.5 Å². The number of carbonyl (C=O) groups excluding carboxylic acids is 1. The van der Waals surface area contributed by atoms with Gasteiger partial charge in [0.05, 0.1) is 6.61 Å². The molecule has 0 aliphatic carbocycles. The van der Waals surface area contributed by atoms with E-state index in [-0.39, 0.29) is 30.3 Å². The van der Waals surface area contributed by atoms with Gasteiger partial charge in [0.25, 0.3) is 10.0 Å². The number of rotatable bonds is 7. The molecule has 2 heterocycles. The standard InChI is InChI=1S/C20H15F5N4O4S2/c21-12-3-14(23)13(22)1-11(12)10-2-19(30)26-6-9(10)7-33-17-4-16(25)18(5-15(17)24)35(31,32)29-20-27-8-28-34-20/h1,3-5,8-10H,2,6-7H2,(H,26,30)(H,27,28,29)/t9-,10?/m0/s1. The van der Waals surface area contributed by atoms with E-state index in [4.69, 9.17) is 4.74 Å². The maximum atomic E-state index is 14.6. The molecule has 1 unspecified atom stereocenters. The maximum absolute atomic E-state index is 14.6. The van der Waals surface area contributed by atoms with Crippen molar-refractivity contribution >= 4 is 32.6 Å². The lowest BCUT2D eigenvalue weighted by molar-refractivity contribution is -0.123. The summed E-state index contributed by atoms with van der Waals surface area (Å²) in [6, 6.07) is 1.95. The van der Waals surface area contributed by atoms with Crippen molar-refractivity contribution in [1.82, 2.24) is 14.7 Å². The van der Waals surface area contributed by atoms with Crippen molar-refractivity contribution in [3.05, 3.63) is 65.2 Å². The number of sulfonamides is 1. The van der Waals surface area contributed by atoms with Crippen LogP contribution in [0.1, 0.15) is 17.9 Å². The first kappa shape index (κ1) is 24.8. The Balaban J connectivity index is 1.54. The van der Waals surface area contributed by atoms with Gasteiger partial charge in [0.2, 0.25) is 11.0 Å². The third-order valence-electron chi connectivity index (χ3n) is 5.29. The van der Waals surface area contributed by atoms with Crippen molar-refractivity contribution in [3.63, 3.8) is 0 Å². The number of piperidine rings is 1. The van der Waals surface area contributed by atoms with Crippen LogP contribution in [0.4, 0.5) is 27.1 Å². The largest absolute Gasteiger partial charge is 0.490 e. The second kappa shape index (κ2) is 9.73. The number of nitrogens with one attached hydrogen (secondary N) is 2. The topological polar surface area (TPSA) is 110 Å². The molecular formula is C20H15F5N4O4S2. The average Bonchev–Trinajstić information content (AvgIpc) is 3.29. The summed E-state index contributed by atoms with van der Waals surface area (Å²) in [4.78, 5) is 14.5. The third kappa shape index (κ3) is 5.35. The van der Waals surface area contributed by atoms with Gasteiger partial charge in [-0.05, 0) is 11.6 Å².